The highest BCUT2D eigenvalue weighted by atomic mass is 35.5. The van der Waals surface area contributed by atoms with Crippen LogP contribution >= 0.6 is 11.6 Å². The Morgan fingerprint density at radius 1 is 1.40 bits per heavy atom. The number of H-pyrrole nitrogens is 1. The Morgan fingerprint density at radius 2 is 2.16 bits per heavy atom. The lowest BCUT2D eigenvalue weighted by Crippen LogP contribution is -2.23. The van der Waals surface area contributed by atoms with Gasteiger partial charge in [0.2, 0.25) is 5.91 Å². The second kappa shape index (κ2) is 8.64. The van der Waals surface area contributed by atoms with Crippen molar-refractivity contribution in [3.05, 3.63) is 34.5 Å². The van der Waals surface area contributed by atoms with Gasteiger partial charge in [-0.1, -0.05) is 17.7 Å². The molecule has 0 atom stereocenters. The fourth-order valence-corrected chi connectivity index (χ4v) is 2.41. The minimum Gasteiger partial charge on any atom is -0.461 e. The number of ether oxygens (including phenoxy) is 1. The average Bonchev–Trinajstić information content (AvgIpc) is 2.91. The lowest BCUT2D eigenvalue weighted by molar-refractivity contribution is -0.121. The molecule has 0 saturated heterocycles. The van der Waals surface area contributed by atoms with E-state index in [1.807, 2.05) is 19.0 Å². The summed E-state index contributed by atoms with van der Waals surface area (Å²) in [6, 6.07) is 5.22. The lowest BCUT2D eigenvalue weighted by atomic mass is 10.1. The normalized spacial score (nSPS) is 11.4. The topological polar surface area (TPSA) is 86.8 Å². The maximum Gasteiger partial charge on any atom is 0.355 e. The van der Waals surface area contributed by atoms with E-state index in [0.717, 1.165) is 5.39 Å². The summed E-state index contributed by atoms with van der Waals surface area (Å²) >= 11 is 6.00. The number of carbonyl (C=O) groups excluding carboxylic acids is 2. The van der Waals surface area contributed by atoms with Crippen LogP contribution in [0.2, 0.25) is 5.02 Å². The lowest BCUT2D eigenvalue weighted by Gasteiger charge is -2.07. The van der Waals surface area contributed by atoms with Crippen molar-refractivity contribution < 1.29 is 14.3 Å². The molecule has 1 heterocycles. The first-order valence-corrected chi connectivity index (χ1v) is 8.25. The Morgan fingerprint density at radius 3 is 2.84 bits per heavy atom. The third-order valence-corrected chi connectivity index (χ3v) is 3.68. The Kier molecular flexibility index (Phi) is 6.55. The molecular formula is C17H21ClN4O3. The van der Waals surface area contributed by atoms with Crippen LogP contribution in [0.3, 0.4) is 0 Å². The molecule has 8 heteroatoms. The highest BCUT2D eigenvalue weighted by Gasteiger charge is 2.18. The van der Waals surface area contributed by atoms with Crippen LogP contribution in [0.1, 0.15) is 29.4 Å². The Bertz CT molecular complexity index is 799. The molecule has 0 aliphatic heterocycles. The number of hydrogen-bond donors (Lipinski definition) is 2. The molecule has 1 aromatic carbocycles. The Balaban J connectivity index is 2.25. The molecule has 1 aromatic heterocycles. The number of nitrogens with one attached hydrogen (secondary N) is 2. The van der Waals surface area contributed by atoms with Gasteiger partial charge in [-0.2, -0.15) is 5.10 Å². The van der Waals surface area contributed by atoms with Gasteiger partial charge in [0.15, 0.2) is 0 Å². The fraction of sp³-hybridized carbons (Fsp3) is 0.353. The minimum atomic E-state index is -0.491. The van der Waals surface area contributed by atoms with Gasteiger partial charge in [-0.3, -0.25) is 4.79 Å². The number of esters is 1. The summed E-state index contributed by atoms with van der Waals surface area (Å²) < 4.78 is 5.06. The van der Waals surface area contributed by atoms with Crippen LogP contribution < -0.4 is 5.43 Å². The van der Waals surface area contributed by atoms with Gasteiger partial charge in [0.25, 0.3) is 0 Å². The maximum absolute atomic E-state index is 12.2. The van der Waals surface area contributed by atoms with Crippen molar-refractivity contribution in [2.75, 3.05) is 27.2 Å². The summed E-state index contributed by atoms with van der Waals surface area (Å²) in [5, 5.41) is 5.27. The van der Waals surface area contributed by atoms with E-state index in [9.17, 15) is 9.59 Å². The molecule has 25 heavy (non-hydrogen) atoms. The molecule has 1 amide bonds. The predicted molar refractivity (Wildman–Crippen MR) is 98.2 cm³/mol. The average molecular weight is 365 g/mol. The molecule has 0 radical (unpaired) electrons. The maximum atomic E-state index is 12.2. The molecule has 134 valence electrons. The van der Waals surface area contributed by atoms with Crippen LogP contribution in [0.5, 0.6) is 0 Å². The van der Waals surface area contributed by atoms with Gasteiger partial charge in [-0.05, 0) is 33.2 Å². The summed E-state index contributed by atoms with van der Waals surface area (Å²) in [5.74, 6) is -0.694. The molecule has 2 aromatic rings. The monoisotopic (exact) mass is 364 g/mol. The number of carbonyl (C=O) groups is 2. The van der Waals surface area contributed by atoms with Gasteiger partial charge in [-0.15, -0.1) is 0 Å². The summed E-state index contributed by atoms with van der Waals surface area (Å²) in [7, 11) is 3.78. The van der Waals surface area contributed by atoms with Crippen molar-refractivity contribution in [1.82, 2.24) is 15.3 Å². The Labute approximate surface area is 151 Å². The summed E-state index contributed by atoms with van der Waals surface area (Å²) in [4.78, 5) is 28.8. The van der Waals surface area contributed by atoms with E-state index in [-0.39, 0.29) is 18.2 Å². The number of halogens is 1. The second-order valence-corrected chi connectivity index (χ2v) is 6.11. The summed E-state index contributed by atoms with van der Waals surface area (Å²) in [6.07, 6.45) is 1.77. The van der Waals surface area contributed by atoms with Crippen LogP contribution in [0, 0.1) is 0 Å². The number of hydrogen-bond acceptors (Lipinski definition) is 5. The van der Waals surface area contributed by atoms with Crippen molar-refractivity contribution in [1.29, 1.82) is 0 Å². The molecule has 7 nitrogen and oxygen atoms in total. The van der Waals surface area contributed by atoms with Gasteiger partial charge in [0.05, 0.1) is 12.8 Å². The molecule has 0 aliphatic rings. The summed E-state index contributed by atoms with van der Waals surface area (Å²) in [5.41, 5.74) is 3.96. The van der Waals surface area contributed by atoms with Gasteiger partial charge in [-0.25, -0.2) is 10.2 Å². The quantitative estimate of drug-likeness (QED) is 0.448. The third-order valence-electron chi connectivity index (χ3n) is 3.45. The number of rotatable bonds is 7. The smallest absolute Gasteiger partial charge is 0.355 e. The number of hydrazone groups is 1. The standard InChI is InChI=1S/C17H21ClN4O3/c1-4-25-17(24)16-13(10-19-21-15(23)7-8-22(2)3)12-6-5-11(18)9-14(12)20-16/h5-6,9-10,20H,4,7-8H2,1-3H3,(H,21,23)/b19-10+. The molecule has 2 N–H and O–H groups in total. The zero-order chi connectivity index (χ0) is 18.4. The summed E-state index contributed by atoms with van der Waals surface area (Å²) in [6.45, 7) is 2.62. The molecule has 0 unspecified atom stereocenters. The number of amides is 1. The Hall–Kier alpha value is -2.38. The van der Waals surface area contributed by atoms with Crippen molar-refractivity contribution in [2.45, 2.75) is 13.3 Å². The van der Waals surface area contributed by atoms with Crippen LogP contribution in [0.25, 0.3) is 10.9 Å². The van der Waals surface area contributed by atoms with E-state index in [1.54, 1.807) is 25.1 Å². The first-order chi connectivity index (χ1) is 11.9. The first-order valence-electron chi connectivity index (χ1n) is 7.87. The highest BCUT2D eigenvalue weighted by Crippen LogP contribution is 2.24. The van der Waals surface area contributed by atoms with Gasteiger partial charge in [0.1, 0.15) is 5.69 Å². The molecule has 0 spiro atoms. The van der Waals surface area contributed by atoms with Crippen LogP contribution in [-0.4, -0.2) is 55.2 Å². The molecular weight excluding hydrogens is 344 g/mol. The SMILES string of the molecule is CCOC(=O)c1[nH]c2cc(Cl)ccc2c1/C=N/NC(=O)CCN(C)C. The number of benzene rings is 1. The fourth-order valence-electron chi connectivity index (χ4n) is 2.24. The van der Waals surface area contributed by atoms with Crippen LogP contribution in [-0.2, 0) is 9.53 Å². The third kappa shape index (κ3) is 5.04. The minimum absolute atomic E-state index is 0.203. The largest absolute Gasteiger partial charge is 0.461 e. The number of aromatic nitrogens is 1. The van der Waals surface area contributed by atoms with E-state index in [2.05, 4.69) is 15.5 Å². The second-order valence-electron chi connectivity index (χ2n) is 5.67. The number of aromatic amines is 1. The molecule has 0 saturated carbocycles. The van der Waals surface area contributed by atoms with E-state index in [0.29, 0.717) is 29.1 Å². The van der Waals surface area contributed by atoms with Gasteiger partial charge in [0, 0.05) is 34.5 Å². The zero-order valence-corrected chi connectivity index (χ0v) is 15.2. The zero-order valence-electron chi connectivity index (χ0n) is 14.4. The van der Waals surface area contributed by atoms with E-state index >= 15 is 0 Å². The number of nitrogens with zero attached hydrogens (tertiary/aromatic N) is 2. The van der Waals surface area contributed by atoms with Crippen molar-refractivity contribution >= 4 is 40.6 Å². The first kappa shape index (κ1) is 19.0. The predicted octanol–water partition coefficient (Wildman–Crippen LogP) is 2.40. The van der Waals surface area contributed by atoms with Gasteiger partial charge < -0.3 is 14.6 Å². The molecule has 0 fully saturated rings. The molecule has 2 rings (SSSR count). The van der Waals surface area contributed by atoms with E-state index in [4.69, 9.17) is 16.3 Å². The van der Waals surface area contributed by atoms with Crippen molar-refractivity contribution in [2.24, 2.45) is 5.10 Å². The van der Waals surface area contributed by atoms with Crippen LogP contribution in [0.4, 0.5) is 0 Å². The van der Waals surface area contributed by atoms with Gasteiger partial charge >= 0.3 is 5.97 Å². The molecule has 0 aliphatic carbocycles. The highest BCUT2D eigenvalue weighted by molar-refractivity contribution is 6.31. The molecule has 0 bridgehead atoms. The van der Waals surface area contributed by atoms with Crippen molar-refractivity contribution in [3.8, 4) is 0 Å². The van der Waals surface area contributed by atoms with Crippen LogP contribution in [0.15, 0.2) is 23.3 Å². The van der Waals surface area contributed by atoms with Crippen molar-refractivity contribution in [3.63, 3.8) is 0 Å². The van der Waals surface area contributed by atoms with E-state index in [1.165, 1.54) is 6.21 Å². The number of fused-ring (bicyclic) bond motifs is 1. The van der Waals surface area contributed by atoms with E-state index < -0.39 is 5.97 Å².